The lowest BCUT2D eigenvalue weighted by atomic mass is 10.1. The molecular weight excluding hydrogens is 698 g/mol. The molecule has 17 heteroatoms. The van der Waals surface area contributed by atoms with E-state index in [1.165, 1.54) is 30.2 Å². The number of amides is 3. The van der Waals surface area contributed by atoms with Crippen molar-refractivity contribution < 1.29 is 38.5 Å². The summed E-state index contributed by atoms with van der Waals surface area (Å²) in [6, 6.07) is 6.06. The number of nitrogens with two attached hydrogens (primary N) is 2. The molecule has 54 heavy (non-hydrogen) atoms. The number of aryl methyl sites for hydroxylation is 3. The number of methoxy groups -OCH3 is 1. The summed E-state index contributed by atoms with van der Waals surface area (Å²) in [6.07, 6.45) is 3.65. The van der Waals surface area contributed by atoms with E-state index in [1.54, 1.807) is 57.0 Å². The number of ether oxygens (including phenoxy) is 3. The number of aromatic nitrogens is 4. The molecule has 3 amide bonds. The molecule has 0 spiro atoms. The van der Waals surface area contributed by atoms with Crippen molar-refractivity contribution in [1.29, 1.82) is 0 Å². The van der Waals surface area contributed by atoms with Gasteiger partial charge in [-0.05, 0) is 77.8 Å². The Kier molecular flexibility index (Phi) is 12.8. The molecule has 2 aromatic heterocycles. The van der Waals surface area contributed by atoms with E-state index in [2.05, 4.69) is 20.7 Å². The van der Waals surface area contributed by atoms with Crippen molar-refractivity contribution in [1.82, 2.24) is 24.2 Å². The Morgan fingerprint density at radius 3 is 2.43 bits per heavy atom. The van der Waals surface area contributed by atoms with Crippen LogP contribution in [0.2, 0.25) is 0 Å². The summed E-state index contributed by atoms with van der Waals surface area (Å²) in [4.78, 5) is 55.9. The van der Waals surface area contributed by atoms with Crippen LogP contribution in [0.15, 0.2) is 36.4 Å². The van der Waals surface area contributed by atoms with Crippen LogP contribution in [0.4, 0.5) is 22.1 Å². The van der Waals surface area contributed by atoms with Crippen LogP contribution in [0, 0.1) is 13.8 Å². The zero-order chi connectivity index (χ0) is 39.9. The molecule has 0 unspecified atom stereocenters. The Bertz CT molecular complexity index is 2080. The smallest absolute Gasteiger partial charge is 0.410 e. The summed E-state index contributed by atoms with van der Waals surface area (Å²) < 4.78 is 20.3. The van der Waals surface area contributed by atoms with Crippen LogP contribution in [0.5, 0.6) is 11.5 Å². The van der Waals surface area contributed by atoms with Crippen LogP contribution < -0.4 is 31.6 Å². The van der Waals surface area contributed by atoms with Gasteiger partial charge in [-0.2, -0.15) is 5.10 Å². The van der Waals surface area contributed by atoms with E-state index >= 15 is 0 Å². The molecule has 0 saturated heterocycles. The molecule has 0 bridgehead atoms. The van der Waals surface area contributed by atoms with E-state index < -0.39 is 29.5 Å². The Morgan fingerprint density at radius 2 is 1.80 bits per heavy atom. The number of fused-ring (bicyclic) bond motifs is 1. The number of carbonyl (C=O) groups is 4. The zero-order valence-corrected chi connectivity index (χ0v) is 31.9. The average molecular weight is 748 g/mol. The first kappa shape index (κ1) is 40.5. The van der Waals surface area contributed by atoms with E-state index in [1.807, 2.05) is 19.1 Å². The standard InChI is InChI=1S/C37H49N9O8/c1-9-46-26(17-21(2)43-46)33(48)42-35-41-29-22(3)24(34(49)50)20-28(52-8)31(29)45(35)15-11-10-13-40-30-25(38)18-23(32(39)47)19-27(30)53-16-12-14-44(7)36(51)54-37(4,5)6/h10-11,17-20,40H,9,12-16,38H2,1-8H3,(H2,39,47)(H,49,50)(H,41,42,48). The van der Waals surface area contributed by atoms with Crippen molar-refractivity contribution in [3.63, 3.8) is 0 Å². The number of imidazole rings is 1. The molecule has 4 aromatic rings. The number of carboxylic acid groups (broad SMARTS) is 1. The highest BCUT2D eigenvalue weighted by Crippen LogP contribution is 2.35. The SMILES string of the molecule is CCn1nc(C)cc1C(=O)Nc1nc2c(C)c(C(=O)O)cc(OC)c2n1CC=CCNc1c(N)cc(C(N)=O)cc1OCCCN(C)C(=O)OC(C)(C)C. The first-order chi connectivity index (χ1) is 25.4. The van der Waals surface area contributed by atoms with Gasteiger partial charge in [-0.3, -0.25) is 19.6 Å². The second-order valence-corrected chi connectivity index (χ2v) is 13.5. The second kappa shape index (κ2) is 17.0. The van der Waals surface area contributed by atoms with Crippen molar-refractivity contribution in [2.75, 3.05) is 50.2 Å². The zero-order valence-electron chi connectivity index (χ0n) is 31.9. The van der Waals surface area contributed by atoms with Crippen molar-refractivity contribution in [3.8, 4) is 11.5 Å². The number of nitrogens with zero attached hydrogens (tertiary/aromatic N) is 5. The number of carboxylic acids is 1. The highest BCUT2D eigenvalue weighted by atomic mass is 16.6. The monoisotopic (exact) mass is 747 g/mol. The lowest BCUT2D eigenvalue weighted by Crippen LogP contribution is -2.35. The number of hydrogen-bond acceptors (Lipinski definition) is 11. The molecule has 2 heterocycles. The number of allylic oxidation sites excluding steroid dienone is 1. The highest BCUT2D eigenvalue weighted by Gasteiger charge is 2.24. The van der Waals surface area contributed by atoms with E-state index in [4.69, 9.17) is 25.7 Å². The molecule has 0 aliphatic rings. The predicted octanol–water partition coefficient (Wildman–Crippen LogP) is 4.81. The van der Waals surface area contributed by atoms with Crippen molar-refractivity contribution in [2.24, 2.45) is 5.73 Å². The normalized spacial score (nSPS) is 11.5. The lowest BCUT2D eigenvalue weighted by Gasteiger charge is -2.24. The van der Waals surface area contributed by atoms with E-state index in [9.17, 15) is 24.3 Å². The number of nitrogen functional groups attached to an aromatic ring is 1. The van der Waals surface area contributed by atoms with Crippen LogP contribution in [0.3, 0.4) is 0 Å². The molecule has 0 atom stereocenters. The van der Waals surface area contributed by atoms with Gasteiger partial charge in [0.1, 0.15) is 34.0 Å². The van der Waals surface area contributed by atoms with E-state index in [0.717, 1.165) is 0 Å². The van der Waals surface area contributed by atoms with Crippen molar-refractivity contribution in [2.45, 2.75) is 66.7 Å². The number of anilines is 3. The summed E-state index contributed by atoms with van der Waals surface area (Å²) in [5.41, 5.74) is 14.4. The predicted molar refractivity (Wildman–Crippen MR) is 205 cm³/mol. The molecule has 4 rings (SSSR count). The fourth-order valence-electron chi connectivity index (χ4n) is 5.61. The minimum Gasteiger partial charge on any atom is -0.494 e. The Balaban J connectivity index is 1.56. The molecule has 0 radical (unpaired) electrons. The summed E-state index contributed by atoms with van der Waals surface area (Å²) in [5, 5.41) is 20.3. The van der Waals surface area contributed by atoms with Gasteiger partial charge in [-0.25, -0.2) is 14.6 Å². The van der Waals surface area contributed by atoms with E-state index in [0.29, 0.717) is 58.9 Å². The van der Waals surface area contributed by atoms with Gasteiger partial charge in [-0.1, -0.05) is 12.2 Å². The first-order valence-electron chi connectivity index (χ1n) is 17.3. The Morgan fingerprint density at radius 1 is 1.07 bits per heavy atom. The minimum atomic E-state index is -1.14. The summed E-state index contributed by atoms with van der Waals surface area (Å²) >= 11 is 0. The third-order valence-electron chi connectivity index (χ3n) is 8.21. The van der Waals surface area contributed by atoms with Gasteiger partial charge in [0, 0.05) is 38.8 Å². The van der Waals surface area contributed by atoms with E-state index in [-0.39, 0.29) is 48.2 Å². The number of nitrogens with one attached hydrogen (secondary N) is 2. The fraction of sp³-hybridized carbons (Fsp3) is 0.405. The number of aromatic carboxylic acids is 1. The highest BCUT2D eigenvalue weighted by molar-refractivity contribution is 6.04. The number of hydrogen-bond donors (Lipinski definition) is 5. The molecule has 290 valence electrons. The van der Waals surface area contributed by atoms with Gasteiger partial charge < -0.3 is 45.6 Å². The Labute approximate surface area is 313 Å². The molecular formula is C37H49N9O8. The quantitative estimate of drug-likeness (QED) is 0.0590. The summed E-state index contributed by atoms with van der Waals surface area (Å²) in [6.45, 7) is 12.2. The van der Waals surface area contributed by atoms with Gasteiger partial charge >= 0.3 is 12.1 Å². The molecule has 0 aliphatic heterocycles. The maximum Gasteiger partial charge on any atom is 0.410 e. The van der Waals surface area contributed by atoms with Gasteiger partial charge in [0.05, 0.1) is 36.2 Å². The third kappa shape index (κ3) is 9.58. The van der Waals surface area contributed by atoms with Crippen LogP contribution in [0.1, 0.15) is 76.6 Å². The van der Waals surface area contributed by atoms with Crippen molar-refractivity contribution in [3.05, 3.63) is 64.5 Å². The van der Waals surface area contributed by atoms with Crippen LogP contribution in [0.25, 0.3) is 11.0 Å². The molecule has 0 aliphatic carbocycles. The maximum atomic E-state index is 13.5. The van der Waals surface area contributed by atoms with Gasteiger partial charge in [0.25, 0.3) is 5.91 Å². The summed E-state index contributed by atoms with van der Waals surface area (Å²) in [5.74, 6) is -1.50. The first-order valence-corrected chi connectivity index (χ1v) is 17.3. The van der Waals surface area contributed by atoms with Crippen LogP contribution in [-0.2, 0) is 17.8 Å². The largest absolute Gasteiger partial charge is 0.494 e. The molecule has 0 saturated carbocycles. The number of benzene rings is 2. The molecule has 7 N–H and O–H groups in total. The molecule has 2 aromatic carbocycles. The number of rotatable bonds is 16. The maximum absolute atomic E-state index is 13.5. The van der Waals surface area contributed by atoms with Gasteiger partial charge in [0.15, 0.2) is 0 Å². The second-order valence-electron chi connectivity index (χ2n) is 13.5. The third-order valence-corrected chi connectivity index (χ3v) is 8.21. The number of primary amides is 1. The van der Waals surface area contributed by atoms with Crippen LogP contribution >= 0.6 is 0 Å². The lowest BCUT2D eigenvalue weighted by molar-refractivity contribution is 0.0291. The van der Waals surface area contributed by atoms with Crippen molar-refractivity contribution >= 4 is 52.2 Å². The fourth-order valence-corrected chi connectivity index (χ4v) is 5.61. The topological polar surface area (TPSA) is 231 Å². The van der Waals surface area contributed by atoms with Crippen LogP contribution in [-0.4, -0.2) is 92.7 Å². The van der Waals surface area contributed by atoms with Gasteiger partial charge in [0.2, 0.25) is 11.9 Å². The summed E-state index contributed by atoms with van der Waals surface area (Å²) in [7, 11) is 3.07. The molecule has 0 fully saturated rings. The Hall–Kier alpha value is -6.26. The van der Waals surface area contributed by atoms with Gasteiger partial charge in [-0.15, -0.1) is 0 Å². The minimum absolute atomic E-state index is 0.0225. The average Bonchev–Trinajstić information content (AvgIpc) is 3.66. The number of carbonyl (C=O) groups excluding carboxylic acids is 3. The molecule has 17 nitrogen and oxygen atoms in total.